The first-order valence-corrected chi connectivity index (χ1v) is 5.88. The summed E-state index contributed by atoms with van der Waals surface area (Å²) in [6, 6.07) is 6.85. The fourth-order valence-electron chi connectivity index (χ4n) is 1.98. The third kappa shape index (κ3) is 3.29. The smallest absolute Gasteiger partial charge is 0.123 e. The molecule has 3 heteroatoms. The summed E-state index contributed by atoms with van der Waals surface area (Å²) in [5, 5.41) is 3.27. The molecule has 0 bridgehead atoms. The number of hydrogen-bond donors (Lipinski definition) is 1. The molecular formula is C13H19FN2. The minimum atomic E-state index is -0.144. The Balaban J connectivity index is 1.75. The Morgan fingerprint density at radius 2 is 2.25 bits per heavy atom. The third-order valence-electron chi connectivity index (χ3n) is 3.13. The van der Waals surface area contributed by atoms with Crippen LogP contribution in [0.3, 0.4) is 0 Å². The van der Waals surface area contributed by atoms with Gasteiger partial charge < -0.3 is 10.2 Å². The van der Waals surface area contributed by atoms with Crippen LogP contribution in [0.25, 0.3) is 0 Å². The first-order valence-electron chi connectivity index (χ1n) is 5.88. The molecule has 1 aliphatic rings. The van der Waals surface area contributed by atoms with Crippen LogP contribution in [0.4, 0.5) is 4.39 Å². The van der Waals surface area contributed by atoms with E-state index in [1.54, 1.807) is 12.1 Å². The van der Waals surface area contributed by atoms with Gasteiger partial charge in [0.1, 0.15) is 5.82 Å². The first kappa shape index (κ1) is 11.6. The zero-order chi connectivity index (χ0) is 11.4. The minimum Gasteiger partial charge on any atom is -0.316 e. The van der Waals surface area contributed by atoms with Gasteiger partial charge in [-0.3, -0.25) is 0 Å². The van der Waals surface area contributed by atoms with E-state index >= 15 is 0 Å². The van der Waals surface area contributed by atoms with Crippen molar-refractivity contribution in [2.24, 2.45) is 5.92 Å². The van der Waals surface area contributed by atoms with Crippen LogP contribution in [-0.2, 0) is 6.54 Å². The second-order valence-corrected chi connectivity index (χ2v) is 4.68. The highest BCUT2D eigenvalue weighted by Crippen LogP contribution is 2.11. The number of rotatable bonds is 5. The van der Waals surface area contributed by atoms with E-state index in [1.165, 1.54) is 12.5 Å². The lowest BCUT2D eigenvalue weighted by atomic mass is 9.99. The van der Waals surface area contributed by atoms with E-state index in [0.717, 1.165) is 37.7 Å². The number of nitrogens with one attached hydrogen (secondary N) is 1. The maximum Gasteiger partial charge on any atom is 0.123 e. The topological polar surface area (TPSA) is 15.3 Å². The van der Waals surface area contributed by atoms with Gasteiger partial charge in [-0.2, -0.15) is 0 Å². The van der Waals surface area contributed by atoms with Crippen LogP contribution in [0.15, 0.2) is 24.3 Å². The second-order valence-electron chi connectivity index (χ2n) is 4.68. The summed E-state index contributed by atoms with van der Waals surface area (Å²) >= 11 is 0. The molecular weight excluding hydrogens is 203 g/mol. The molecule has 1 aromatic carbocycles. The van der Waals surface area contributed by atoms with Gasteiger partial charge in [0.2, 0.25) is 0 Å². The molecule has 16 heavy (non-hydrogen) atoms. The molecule has 2 nitrogen and oxygen atoms in total. The Morgan fingerprint density at radius 1 is 1.44 bits per heavy atom. The van der Waals surface area contributed by atoms with Crippen LogP contribution >= 0.6 is 0 Å². The average molecular weight is 222 g/mol. The molecule has 0 radical (unpaired) electrons. The fraction of sp³-hybridized carbons (Fsp3) is 0.538. The number of benzene rings is 1. The van der Waals surface area contributed by atoms with Crippen molar-refractivity contribution in [3.63, 3.8) is 0 Å². The quantitative estimate of drug-likeness (QED) is 0.818. The Bertz CT molecular complexity index is 336. The van der Waals surface area contributed by atoms with E-state index in [2.05, 4.69) is 17.3 Å². The first-order chi connectivity index (χ1) is 7.74. The van der Waals surface area contributed by atoms with Gasteiger partial charge in [0.25, 0.3) is 0 Å². The monoisotopic (exact) mass is 222 g/mol. The van der Waals surface area contributed by atoms with Gasteiger partial charge in [-0.15, -0.1) is 0 Å². The molecule has 0 aromatic heterocycles. The summed E-state index contributed by atoms with van der Waals surface area (Å²) in [6.07, 6.45) is 1.23. The van der Waals surface area contributed by atoms with Crippen molar-refractivity contribution in [2.75, 3.05) is 26.7 Å². The molecule has 0 amide bonds. The molecule has 2 rings (SSSR count). The van der Waals surface area contributed by atoms with Crippen LogP contribution < -0.4 is 5.32 Å². The standard InChI is InChI=1S/C13H19FN2/c1-16(6-5-12-8-15-9-12)10-11-3-2-4-13(14)7-11/h2-4,7,12,15H,5-6,8-10H2,1H3. The van der Waals surface area contributed by atoms with Gasteiger partial charge in [0, 0.05) is 6.54 Å². The van der Waals surface area contributed by atoms with E-state index in [1.807, 2.05) is 6.07 Å². The van der Waals surface area contributed by atoms with Gasteiger partial charge >= 0.3 is 0 Å². The summed E-state index contributed by atoms with van der Waals surface area (Å²) in [5.41, 5.74) is 1.05. The van der Waals surface area contributed by atoms with Crippen LogP contribution in [0.1, 0.15) is 12.0 Å². The van der Waals surface area contributed by atoms with Gasteiger partial charge in [0.15, 0.2) is 0 Å². The molecule has 0 aliphatic carbocycles. The molecule has 1 aromatic rings. The number of halogens is 1. The Morgan fingerprint density at radius 3 is 2.88 bits per heavy atom. The van der Waals surface area contributed by atoms with Crippen molar-refractivity contribution >= 4 is 0 Å². The molecule has 0 atom stereocenters. The molecule has 0 spiro atoms. The summed E-state index contributed by atoms with van der Waals surface area (Å²) in [6.45, 7) is 4.24. The minimum absolute atomic E-state index is 0.144. The van der Waals surface area contributed by atoms with Crippen molar-refractivity contribution in [1.29, 1.82) is 0 Å². The highest BCUT2D eigenvalue weighted by molar-refractivity contribution is 5.15. The Kier molecular flexibility index (Phi) is 3.91. The fourth-order valence-corrected chi connectivity index (χ4v) is 1.98. The van der Waals surface area contributed by atoms with Crippen molar-refractivity contribution in [2.45, 2.75) is 13.0 Å². The summed E-state index contributed by atoms with van der Waals surface area (Å²) in [7, 11) is 2.09. The van der Waals surface area contributed by atoms with Gasteiger partial charge in [-0.25, -0.2) is 4.39 Å². The summed E-state index contributed by atoms with van der Waals surface area (Å²) in [5.74, 6) is 0.698. The predicted octanol–water partition coefficient (Wildman–Crippen LogP) is 1.87. The molecule has 1 saturated heterocycles. The lowest BCUT2D eigenvalue weighted by Gasteiger charge is -2.29. The largest absolute Gasteiger partial charge is 0.316 e. The van der Waals surface area contributed by atoms with Crippen LogP contribution in [-0.4, -0.2) is 31.6 Å². The lowest BCUT2D eigenvalue weighted by Crippen LogP contribution is -2.43. The third-order valence-corrected chi connectivity index (χ3v) is 3.13. The molecule has 0 unspecified atom stereocenters. The SMILES string of the molecule is CN(CCC1CNC1)Cc1cccc(F)c1. The van der Waals surface area contributed by atoms with Gasteiger partial charge in [0.05, 0.1) is 0 Å². The van der Waals surface area contributed by atoms with Crippen molar-refractivity contribution in [1.82, 2.24) is 10.2 Å². The van der Waals surface area contributed by atoms with E-state index in [0.29, 0.717) is 0 Å². The molecule has 1 aliphatic heterocycles. The lowest BCUT2D eigenvalue weighted by molar-refractivity contribution is 0.252. The summed E-state index contributed by atoms with van der Waals surface area (Å²) < 4.78 is 13.0. The van der Waals surface area contributed by atoms with Crippen molar-refractivity contribution in [3.8, 4) is 0 Å². The normalized spacial score (nSPS) is 16.4. The van der Waals surface area contributed by atoms with Crippen LogP contribution in [0.2, 0.25) is 0 Å². The highest BCUT2D eigenvalue weighted by Gasteiger charge is 2.16. The maximum atomic E-state index is 13.0. The zero-order valence-corrected chi connectivity index (χ0v) is 9.75. The molecule has 0 saturated carbocycles. The van der Waals surface area contributed by atoms with E-state index in [4.69, 9.17) is 0 Å². The molecule has 1 fully saturated rings. The van der Waals surface area contributed by atoms with Crippen molar-refractivity contribution in [3.05, 3.63) is 35.6 Å². The van der Waals surface area contributed by atoms with E-state index in [-0.39, 0.29) is 5.82 Å². The van der Waals surface area contributed by atoms with Gasteiger partial charge in [-0.05, 0) is 56.7 Å². The molecule has 88 valence electrons. The van der Waals surface area contributed by atoms with Crippen LogP contribution in [0.5, 0.6) is 0 Å². The Hall–Kier alpha value is -0.930. The number of nitrogens with zero attached hydrogens (tertiary/aromatic N) is 1. The predicted molar refractivity (Wildman–Crippen MR) is 63.7 cm³/mol. The van der Waals surface area contributed by atoms with Crippen LogP contribution in [0, 0.1) is 11.7 Å². The molecule has 1 heterocycles. The Labute approximate surface area is 96.5 Å². The maximum absolute atomic E-state index is 13.0. The molecule has 1 N–H and O–H groups in total. The summed E-state index contributed by atoms with van der Waals surface area (Å²) in [4.78, 5) is 2.26. The van der Waals surface area contributed by atoms with Crippen molar-refractivity contribution < 1.29 is 4.39 Å². The average Bonchev–Trinajstić information content (AvgIpc) is 2.15. The zero-order valence-electron chi connectivity index (χ0n) is 9.75. The van der Waals surface area contributed by atoms with Gasteiger partial charge in [-0.1, -0.05) is 12.1 Å². The second kappa shape index (κ2) is 5.41. The van der Waals surface area contributed by atoms with E-state index in [9.17, 15) is 4.39 Å². The van der Waals surface area contributed by atoms with E-state index < -0.39 is 0 Å². The highest BCUT2D eigenvalue weighted by atomic mass is 19.1. The number of hydrogen-bond acceptors (Lipinski definition) is 2.